The predicted molar refractivity (Wildman–Crippen MR) is 78.3 cm³/mol. The van der Waals surface area contributed by atoms with Gasteiger partial charge >= 0.3 is 0 Å². The van der Waals surface area contributed by atoms with Crippen LogP contribution in [0.2, 0.25) is 0 Å². The third kappa shape index (κ3) is 2.79. The van der Waals surface area contributed by atoms with Gasteiger partial charge in [-0.15, -0.1) is 0 Å². The highest BCUT2D eigenvalue weighted by Gasteiger charge is 2.27. The minimum Gasteiger partial charge on any atom is -0.370 e. The molecule has 1 saturated carbocycles. The molecular weight excluding hydrogens is 253 g/mol. The monoisotopic (exact) mass is 271 g/mol. The van der Waals surface area contributed by atoms with Crippen molar-refractivity contribution in [1.82, 2.24) is 9.97 Å². The van der Waals surface area contributed by atoms with Crippen LogP contribution in [0.1, 0.15) is 37.1 Å². The standard InChI is InChI=1S/C16H18FN3/c1-3-18-15-9-14(19-16(20-15)11-4-5-11)12-6-10(2)7-13(17)8-12/h6-9,11H,3-5H2,1-2H3,(H,18,19,20). The Bertz CT molecular complexity index is 615. The average Bonchev–Trinajstić information content (AvgIpc) is 3.22. The van der Waals surface area contributed by atoms with Gasteiger partial charge in [-0.25, -0.2) is 14.4 Å². The van der Waals surface area contributed by atoms with Crippen molar-refractivity contribution in [2.45, 2.75) is 32.6 Å². The van der Waals surface area contributed by atoms with Crippen LogP contribution in [-0.4, -0.2) is 16.5 Å². The van der Waals surface area contributed by atoms with E-state index in [1.54, 1.807) is 0 Å². The molecule has 20 heavy (non-hydrogen) atoms. The van der Waals surface area contributed by atoms with Crippen LogP contribution >= 0.6 is 0 Å². The lowest BCUT2D eigenvalue weighted by molar-refractivity contribution is 0.627. The van der Waals surface area contributed by atoms with Crippen molar-refractivity contribution in [3.05, 3.63) is 41.5 Å². The summed E-state index contributed by atoms with van der Waals surface area (Å²) in [7, 11) is 0. The third-order valence-corrected chi connectivity index (χ3v) is 3.38. The quantitative estimate of drug-likeness (QED) is 0.916. The summed E-state index contributed by atoms with van der Waals surface area (Å²) in [4.78, 5) is 9.15. The second-order valence-corrected chi connectivity index (χ2v) is 5.32. The van der Waals surface area contributed by atoms with E-state index in [1.807, 2.05) is 26.0 Å². The van der Waals surface area contributed by atoms with Crippen molar-refractivity contribution >= 4 is 5.82 Å². The van der Waals surface area contributed by atoms with Crippen LogP contribution in [0, 0.1) is 12.7 Å². The zero-order valence-corrected chi connectivity index (χ0v) is 11.8. The first-order chi connectivity index (χ1) is 9.65. The van der Waals surface area contributed by atoms with Gasteiger partial charge < -0.3 is 5.32 Å². The SMILES string of the molecule is CCNc1cc(-c2cc(C)cc(F)c2)nc(C2CC2)n1. The molecule has 1 heterocycles. The Hall–Kier alpha value is -1.97. The minimum absolute atomic E-state index is 0.225. The number of anilines is 1. The Labute approximate surface area is 118 Å². The molecule has 1 aromatic carbocycles. The molecule has 3 rings (SSSR count). The van der Waals surface area contributed by atoms with Crippen molar-refractivity contribution in [1.29, 1.82) is 0 Å². The lowest BCUT2D eigenvalue weighted by Crippen LogP contribution is -2.04. The molecule has 0 aliphatic heterocycles. The van der Waals surface area contributed by atoms with Crippen molar-refractivity contribution in [2.75, 3.05) is 11.9 Å². The minimum atomic E-state index is -0.225. The van der Waals surface area contributed by atoms with Crippen LogP contribution in [0.3, 0.4) is 0 Å². The van der Waals surface area contributed by atoms with Gasteiger partial charge in [-0.2, -0.15) is 0 Å². The number of rotatable bonds is 4. The molecule has 0 amide bonds. The summed E-state index contributed by atoms with van der Waals surface area (Å²) >= 11 is 0. The number of hydrogen-bond acceptors (Lipinski definition) is 3. The first-order valence-corrected chi connectivity index (χ1v) is 7.06. The molecule has 0 atom stereocenters. The smallest absolute Gasteiger partial charge is 0.134 e. The van der Waals surface area contributed by atoms with Crippen LogP contribution in [0.4, 0.5) is 10.2 Å². The largest absolute Gasteiger partial charge is 0.370 e. The van der Waals surface area contributed by atoms with Gasteiger partial charge in [-0.1, -0.05) is 0 Å². The number of nitrogens with zero attached hydrogens (tertiary/aromatic N) is 2. The average molecular weight is 271 g/mol. The maximum atomic E-state index is 13.6. The fraction of sp³-hybridized carbons (Fsp3) is 0.375. The van der Waals surface area contributed by atoms with E-state index in [2.05, 4.69) is 15.3 Å². The molecule has 1 aromatic heterocycles. The van der Waals surface area contributed by atoms with Gasteiger partial charge in [0.25, 0.3) is 0 Å². The first-order valence-electron chi connectivity index (χ1n) is 7.06. The number of hydrogen-bond donors (Lipinski definition) is 1. The zero-order chi connectivity index (χ0) is 14.1. The van der Waals surface area contributed by atoms with Crippen LogP contribution in [-0.2, 0) is 0 Å². The molecule has 0 spiro atoms. The molecule has 0 unspecified atom stereocenters. The van der Waals surface area contributed by atoms with E-state index in [0.29, 0.717) is 5.92 Å². The second-order valence-electron chi connectivity index (χ2n) is 5.32. The summed E-state index contributed by atoms with van der Waals surface area (Å²) < 4.78 is 13.6. The molecular formula is C16H18FN3. The maximum absolute atomic E-state index is 13.6. The Morgan fingerprint density at radius 3 is 2.65 bits per heavy atom. The fourth-order valence-corrected chi connectivity index (χ4v) is 2.29. The highest BCUT2D eigenvalue weighted by Crippen LogP contribution is 2.39. The summed E-state index contributed by atoms with van der Waals surface area (Å²) in [5, 5.41) is 3.23. The lowest BCUT2D eigenvalue weighted by atomic mass is 10.1. The van der Waals surface area contributed by atoms with Gasteiger partial charge in [-0.05, 0) is 50.5 Å². The molecule has 0 bridgehead atoms. The summed E-state index contributed by atoms with van der Waals surface area (Å²) in [6, 6.07) is 6.90. The van der Waals surface area contributed by atoms with Gasteiger partial charge in [0.05, 0.1) is 5.69 Å². The van der Waals surface area contributed by atoms with Crippen molar-refractivity contribution in [2.24, 2.45) is 0 Å². The highest BCUT2D eigenvalue weighted by molar-refractivity contribution is 5.63. The first kappa shape index (κ1) is 13.0. The van der Waals surface area contributed by atoms with E-state index < -0.39 is 0 Å². The summed E-state index contributed by atoms with van der Waals surface area (Å²) in [5.41, 5.74) is 2.50. The molecule has 1 aliphatic rings. The molecule has 1 aliphatic carbocycles. The molecule has 0 saturated heterocycles. The van der Waals surface area contributed by atoms with Gasteiger partial charge in [0.15, 0.2) is 0 Å². The number of nitrogens with one attached hydrogen (secondary N) is 1. The van der Waals surface area contributed by atoms with Crippen molar-refractivity contribution in [3.63, 3.8) is 0 Å². The van der Waals surface area contributed by atoms with Crippen molar-refractivity contribution in [3.8, 4) is 11.3 Å². The highest BCUT2D eigenvalue weighted by atomic mass is 19.1. The summed E-state index contributed by atoms with van der Waals surface area (Å²) in [6.07, 6.45) is 2.30. The Balaban J connectivity index is 2.06. The maximum Gasteiger partial charge on any atom is 0.134 e. The number of aromatic nitrogens is 2. The van der Waals surface area contributed by atoms with Gasteiger partial charge in [0.2, 0.25) is 0 Å². The number of aryl methyl sites for hydroxylation is 1. The van der Waals surface area contributed by atoms with Crippen LogP contribution in [0.15, 0.2) is 24.3 Å². The lowest BCUT2D eigenvalue weighted by Gasteiger charge is -2.09. The molecule has 104 valence electrons. The Morgan fingerprint density at radius 2 is 2.00 bits per heavy atom. The van der Waals surface area contributed by atoms with E-state index in [4.69, 9.17) is 0 Å². The predicted octanol–water partition coefficient (Wildman–Crippen LogP) is 3.90. The third-order valence-electron chi connectivity index (χ3n) is 3.38. The zero-order valence-electron chi connectivity index (χ0n) is 11.8. The second kappa shape index (κ2) is 5.19. The van der Waals surface area contributed by atoms with Crippen LogP contribution in [0.5, 0.6) is 0 Å². The van der Waals surface area contributed by atoms with Crippen molar-refractivity contribution < 1.29 is 4.39 Å². The van der Waals surface area contributed by atoms with Crippen LogP contribution in [0.25, 0.3) is 11.3 Å². The van der Waals surface area contributed by atoms with Gasteiger partial charge in [0, 0.05) is 24.1 Å². The normalized spacial score (nSPS) is 14.3. The van der Waals surface area contributed by atoms with Gasteiger partial charge in [0.1, 0.15) is 17.5 Å². The van der Waals surface area contributed by atoms with E-state index in [-0.39, 0.29) is 5.82 Å². The fourth-order valence-electron chi connectivity index (χ4n) is 2.29. The summed E-state index contributed by atoms with van der Waals surface area (Å²) in [5.74, 6) is 1.94. The van der Waals surface area contributed by atoms with E-state index >= 15 is 0 Å². The molecule has 3 nitrogen and oxygen atoms in total. The van der Waals surface area contributed by atoms with Gasteiger partial charge in [-0.3, -0.25) is 0 Å². The van der Waals surface area contributed by atoms with Crippen LogP contribution < -0.4 is 5.32 Å². The molecule has 0 radical (unpaired) electrons. The molecule has 2 aromatic rings. The molecule has 1 N–H and O–H groups in total. The number of benzene rings is 1. The Kier molecular flexibility index (Phi) is 3.38. The molecule has 1 fully saturated rings. The number of halogens is 1. The topological polar surface area (TPSA) is 37.8 Å². The van der Waals surface area contributed by atoms with E-state index in [9.17, 15) is 4.39 Å². The molecule has 4 heteroatoms. The summed E-state index contributed by atoms with van der Waals surface area (Å²) in [6.45, 7) is 4.73. The van der Waals surface area contributed by atoms with E-state index in [1.165, 1.54) is 12.1 Å². The van der Waals surface area contributed by atoms with E-state index in [0.717, 1.165) is 47.8 Å². The Morgan fingerprint density at radius 1 is 1.20 bits per heavy atom.